The minimum absolute atomic E-state index is 0. The number of halogens is 1. The molecule has 0 amide bonds. The normalized spacial score (nSPS) is 13.5. The van der Waals surface area contributed by atoms with Crippen LogP contribution in [0.2, 0.25) is 0 Å². The molecule has 26 heavy (non-hydrogen) atoms. The average Bonchev–Trinajstić information content (AvgIpc) is 3.13. The highest BCUT2D eigenvalue weighted by Crippen LogP contribution is 2.21. The van der Waals surface area contributed by atoms with Gasteiger partial charge in [0.2, 0.25) is 0 Å². The molecule has 0 aliphatic heterocycles. The fourth-order valence-corrected chi connectivity index (χ4v) is 3.02. The first-order valence-corrected chi connectivity index (χ1v) is 9.27. The largest absolute Gasteiger partial charge is 0.384 e. The monoisotopic (exact) mass is 489 g/mol. The Kier molecular flexibility index (Phi) is 9.31. The summed E-state index contributed by atoms with van der Waals surface area (Å²) in [4.78, 5) is 11.1. The Labute approximate surface area is 176 Å². The minimum atomic E-state index is -0.945. The van der Waals surface area contributed by atoms with Crippen molar-refractivity contribution in [1.82, 2.24) is 15.6 Å². The van der Waals surface area contributed by atoms with Crippen molar-refractivity contribution in [3.8, 4) is 0 Å². The maximum Gasteiger partial charge on any atom is 0.191 e. The van der Waals surface area contributed by atoms with Crippen molar-refractivity contribution in [2.75, 3.05) is 32.1 Å². The fraction of sp³-hybridized carbons (Fsp3) is 0.444. The SMILES string of the molecule is CCNC(=NCc1cccc(N(C)C)n1)NCC(C)(O)c1ccsc1.I. The van der Waals surface area contributed by atoms with Crippen LogP contribution in [0.1, 0.15) is 25.1 Å². The van der Waals surface area contributed by atoms with Crippen LogP contribution in [0.15, 0.2) is 40.0 Å². The van der Waals surface area contributed by atoms with Crippen molar-refractivity contribution < 1.29 is 5.11 Å². The summed E-state index contributed by atoms with van der Waals surface area (Å²) < 4.78 is 0. The summed E-state index contributed by atoms with van der Waals surface area (Å²) in [6.45, 7) is 5.41. The van der Waals surface area contributed by atoms with E-state index in [1.54, 1.807) is 18.3 Å². The lowest BCUT2D eigenvalue weighted by atomic mass is 9.99. The lowest BCUT2D eigenvalue weighted by Gasteiger charge is -2.24. The fourth-order valence-electron chi connectivity index (χ4n) is 2.23. The predicted octanol–water partition coefficient (Wildman–Crippen LogP) is 2.79. The third kappa shape index (κ3) is 6.73. The van der Waals surface area contributed by atoms with E-state index in [-0.39, 0.29) is 24.0 Å². The van der Waals surface area contributed by atoms with Gasteiger partial charge in [0.15, 0.2) is 5.96 Å². The first kappa shape index (κ1) is 22.7. The van der Waals surface area contributed by atoms with Gasteiger partial charge in [0, 0.05) is 20.6 Å². The molecule has 0 bridgehead atoms. The minimum Gasteiger partial charge on any atom is -0.384 e. The Morgan fingerprint density at radius 1 is 1.31 bits per heavy atom. The van der Waals surface area contributed by atoms with Crippen LogP contribution in [0.4, 0.5) is 5.82 Å². The second-order valence-corrected chi connectivity index (χ2v) is 7.00. The lowest BCUT2D eigenvalue weighted by Crippen LogP contribution is -2.44. The van der Waals surface area contributed by atoms with Crippen LogP contribution < -0.4 is 15.5 Å². The number of thiophene rings is 1. The van der Waals surface area contributed by atoms with Crippen molar-refractivity contribution in [3.05, 3.63) is 46.3 Å². The standard InChI is InChI=1S/C18H27N5OS.HI/c1-5-19-17(21-13-18(2,24)14-9-10-25-12-14)20-11-15-7-6-8-16(22-15)23(3)4;/h6-10,12,24H,5,11,13H2,1-4H3,(H2,19,20,21);1H. The molecule has 0 aliphatic carbocycles. The molecule has 1 atom stereocenters. The van der Waals surface area contributed by atoms with Gasteiger partial charge in [-0.15, -0.1) is 24.0 Å². The Hall–Kier alpha value is -1.39. The van der Waals surface area contributed by atoms with Gasteiger partial charge in [-0.25, -0.2) is 9.98 Å². The summed E-state index contributed by atoms with van der Waals surface area (Å²) in [6.07, 6.45) is 0. The van der Waals surface area contributed by atoms with Gasteiger partial charge in [-0.1, -0.05) is 6.07 Å². The zero-order valence-corrected chi connectivity index (χ0v) is 18.8. The van der Waals surface area contributed by atoms with Gasteiger partial charge in [0.05, 0.1) is 18.8 Å². The van der Waals surface area contributed by atoms with Gasteiger partial charge in [-0.3, -0.25) is 0 Å². The summed E-state index contributed by atoms with van der Waals surface area (Å²) in [6, 6.07) is 7.85. The van der Waals surface area contributed by atoms with Gasteiger partial charge in [0.25, 0.3) is 0 Å². The number of hydrogen-bond donors (Lipinski definition) is 3. The summed E-state index contributed by atoms with van der Waals surface area (Å²) in [5.74, 6) is 1.57. The highest BCUT2D eigenvalue weighted by Gasteiger charge is 2.23. The van der Waals surface area contributed by atoms with Crippen LogP contribution >= 0.6 is 35.3 Å². The van der Waals surface area contributed by atoms with Gasteiger partial charge >= 0.3 is 0 Å². The molecule has 0 spiro atoms. The van der Waals surface area contributed by atoms with Crippen molar-refractivity contribution in [3.63, 3.8) is 0 Å². The van der Waals surface area contributed by atoms with Crippen molar-refractivity contribution in [1.29, 1.82) is 0 Å². The van der Waals surface area contributed by atoms with Gasteiger partial charge in [-0.2, -0.15) is 11.3 Å². The topological polar surface area (TPSA) is 72.8 Å². The number of rotatable bonds is 7. The Bertz CT molecular complexity index is 689. The first-order chi connectivity index (χ1) is 11.9. The molecule has 1 unspecified atom stereocenters. The average molecular weight is 489 g/mol. The number of hydrogen-bond acceptors (Lipinski definition) is 5. The Morgan fingerprint density at radius 3 is 2.69 bits per heavy atom. The Balaban J connectivity index is 0.00000338. The molecule has 8 heteroatoms. The van der Waals surface area contributed by atoms with Gasteiger partial charge in [0.1, 0.15) is 11.4 Å². The first-order valence-electron chi connectivity index (χ1n) is 8.33. The zero-order valence-electron chi connectivity index (χ0n) is 15.7. The molecule has 0 saturated heterocycles. The van der Waals surface area contributed by atoms with Crippen LogP contribution in [-0.2, 0) is 12.1 Å². The quantitative estimate of drug-likeness (QED) is 0.317. The number of nitrogens with zero attached hydrogens (tertiary/aromatic N) is 3. The van der Waals surface area contributed by atoms with Crippen LogP contribution in [0.25, 0.3) is 0 Å². The van der Waals surface area contributed by atoms with E-state index in [9.17, 15) is 5.11 Å². The zero-order chi connectivity index (χ0) is 18.3. The molecule has 2 aromatic rings. The molecule has 0 radical (unpaired) electrons. The molecular formula is C18H28IN5OS. The molecule has 6 nitrogen and oxygen atoms in total. The van der Waals surface area contributed by atoms with E-state index < -0.39 is 5.60 Å². The maximum atomic E-state index is 10.6. The molecule has 144 valence electrons. The molecule has 2 heterocycles. The second-order valence-electron chi connectivity index (χ2n) is 6.22. The van der Waals surface area contributed by atoms with Crippen LogP contribution in [0, 0.1) is 0 Å². The highest BCUT2D eigenvalue weighted by molar-refractivity contribution is 14.0. The van der Waals surface area contributed by atoms with Crippen LogP contribution in [0.5, 0.6) is 0 Å². The van der Waals surface area contributed by atoms with Crippen LogP contribution in [0.3, 0.4) is 0 Å². The summed E-state index contributed by atoms with van der Waals surface area (Å²) in [5, 5.41) is 21.0. The van der Waals surface area contributed by atoms with E-state index in [0.29, 0.717) is 19.0 Å². The van der Waals surface area contributed by atoms with Crippen molar-refractivity contribution >= 4 is 47.1 Å². The number of anilines is 1. The summed E-state index contributed by atoms with van der Waals surface area (Å²) in [5.41, 5.74) is 0.855. The molecule has 0 aromatic carbocycles. The number of pyridine rings is 1. The van der Waals surface area contributed by atoms with Crippen LogP contribution in [-0.4, -0.2) is 43.2 Å². The van der Waals surface area contributed by atoms with Gasteiger partial charge < -0.3 is 20.6 Å². The van der Waals surface area contributed by atoms with E-state index in [2.05, 4.69) is 20.6 Å². The Morgan fingerprint density at radius 2 is 2.08 bits per heavy atom. The van der Waals surface area contributed by atoms with E-state index in [4.69, 9.17) is 0 Å². The molecule has 3 N–H and O–H groups in total. The summed E-state index contributed by atoms with van der Waals surface area (Å²) in [7, 11) is 3.93. The molecular weight excluding hydrogens is 461 g/mol. The van der Waals surface area contributed by atoms with Crippen molar-refractivity contribution in [2.45, 2.75) is 26.0 Å². The molecule has 2 aromatic heterocycles. The van der Waals surface area contributed by atoms with E-state index in [1.165, 1.54) is 0 Å². The molecule has 0 fully saturated rings. The number of aliphatic hydroxyl groups is 1. The highest BCUT2D eigenvalue weighted by atomic mass is 127. The predicted molar refractivity (Wildman–Crippen MR) is 121 cm³/mol. The second kappa shape index (κ2) is 10.7. The van der Waals surface area contributed by atoms with E-state index in [0.717, 1.165) is 23.6 Å². The third-order valence-corrected chi connectivity index (χ3v) is 4.42. The van der Waals surface area contributed by atoms with E-state index in [1.807, 2.05) is 60.9 Å². The van der Waals surface area contributed by atoms with E-state index >= 15 is 0 Å². The number of aromatic nitrogens is 1. The number of guanidine groups is 1. The maximum absolute atomic E-state index is 10.6. The smallest absolute Gasteiger partial charge is 0.191 e. The molecule has 0 saturated carbocycles. The number of aliphatic imine (C=N–C) groups is 1. The number of nitrogens with one attached hydrogen (secondary N) is 2. The third-order valence-electron chi connectivity index (χ3n) is 3.74. The molecule has 2 rings (SSSR count). The lowest BCUT2D eigenvalue weighted by molar-refractivity contribution is 0.0621. The summed E-state index contributed by atoms with van der Waals surface area (Å²) >= 11 is 1.58. The van der Waals surface area contributed by atoms with Crippen molar-refractivity contribution in [2.24, 2.45) is 4.99 Å². The van der Waals surface area contributed by atoms with Gasteiger partial charge in [-0.05, 0) is 48.4 Å². The molecule has 0 aliphatic rings.